The van der Waals surface area contributed by atoms with Gasteiger partial charge in [-0.05, 0) is 32.8 Å². The fourth-order valence-corrected chi connectivity index (χ4v) is 2.38. The molecule has 0 aliphatic rings. The molecule has 122 valence electrons. The lowest BCUT2D eigenvalue weighted by atomic mass is 10.0. The van der Waals surface area contributed by atoms with Crippen LogP contribution in [0, 0.1) is 13.8 Å². The van der Waals surface area contributed by atoms with Crippen molar-refractivity contribution >= 4 is 5.97 Å². The third-order valence-corrected chi connectivity index (χ3v) is 3.29. The summed E-state index contributed by atoms with van der Waals surface area (Å²) in [6, 6.07) is 6.00. The number of esters is 1. The Labute approximate surface area is 133 Å². The number of aliphatic hydroxyl groups is 1. The number of nitrogens with two attached hydrogens (primary N) is 1. The second-order valence-electron chi connectivity index (χ2n) is 5.66. The van der Waals surface area contributed by atoms with Gasteiger partial charge in [0.05, 0.1) is 12.7 Å². The minimum Gasteiger partial charge on any atom is -0.466 e. The van der Waals surface area contributed by atoms with Gasteiger partial charge in [-0.2, -0.15) is 0 Å². The van der Waals surface area contributed by atoms with Crippen molar-refractivity contribution in [1.29, 1.82) is 0 Å². The van der Waals surface area contributed by atoms with Crippen molar-refractivity contribution in [2.24, 2.45) is 5.73 Å². The molecule has 0 fully saturated rings. The zero-order chi connectivity index (χ0) is 16.5. The van der Waals surface area contributed by atoms with Crippen LogP contribution in [0.25, 0.3) is 0 Å². The second kappa shape index (κ2) is 9.38. The molecule has 0 heterocycles. The van der Waals surface area contributed by atoms with Crippen LogP contribution >= 0.6 is 0 Å². The van der Waals surface area contributed by atoms with E-state index in [4.69, 9.17) is 10.5 Å². The highest BCUT2D eigenvalue weighted by Gasteiger charge is 2.07. The SMILES string of the molecule is CCOC(=O)CCC(N)C=CC(O)Cc1cc(C)cc(C)c1. The lowest BCUT2D eigenvalue weighted by molar-refractivity contribution is -0.143. The first-order chi connectivity index (χ1) is 10.4. The van der Waals surface area contributed by atoms with Gasteiger partial charge < -0.3 is 15.6 Å². The number of rotatable bonds is 8. The number of aryl methyl sites for hydroxylation is 2. The van der Waals surface area contributed by atoms with Crippen LogP contribution in [0.15, 0.2) is 30.4 Å². The van der Waals surface area contributed by atoms with Crippen molar-refractivity contribution in [2.45, 2.75) is 52.2 Å². The molecule has 3 N–H and O–H groups in total. The summed E-state index contributed by atoms with van der Waals surface area (Å²) in [4.78, 5) is 11.2. The van der Waals surface area contributed by atoms with Crippen LogP contribution in [0.5, 0.6) is 0 Å². The van der Waals surface area contributed by atoms with Crippen molar-refractivity contribution < 1.29 is 14.6 Å². The normalized spacial score (nSPS) is 14.0. The first-order valence-electron chi connectivity index (χ1n) is 7.75. The molecule has 4 nitrogen and oxygen atoms in total. The van der Waals surface area contributed by atoms with Gasteiger partial charge in [-0.25, -0.2) is 0 Å². The Morgan fingerprint density at radius 2 is 1.91 bits per heavy atom. The molecule has 0 aliphatic heterocycles. The Morgan fingerprint density at radius 3 is 2.50 bits per heavy atom. The van der Waals surface area contributed by atoms with Crippen LogP contribution in [0.2, 0.25) is 0 Å². The quantitative estimate of drug-likeness (QED) is 0.571. The minimum absolute atomic E-state index is 0.234. The van der Waals surface area contributed by atoms with Crippen LogP contribution in [-0.4, -0.2) is 29.8 Å². The van der Waals surface area contributed by atoms with Crippen LogP contribution in [0.4, 0.5) is 0 Å². The van der Waals surface area contributed by atoms with Gasteiger partial charge in [0.15, 0.2) is 0 Å². The molecule has 2 atom stereocenters. The van der Waals surface area contributed by atoms with Gasteiger partial charge in [0.25, 0.3) is 0 Å². The molecule has 22 heavy (non-hydrogen) atoms. The van der Waals surface area contributed by atoms with E-state index >= 15 is 0 Å². The highest BCUT2D eigenvalue weighted by molar-refractivity contribution is 5.69. The summed E-state index contributed by atoms with van der Waals surface area (Å²) in [5.41, 5.74) is 9.39. The number of carbonyl (C=O) groups is 1. The van der Waals surface area contributed by atoms with Gasteiger partial charge in [0.1, 0.15) is 0 Å². The van der Waals surface area contributed by atoms with E-state index in [0.29, 0.717) is 25.9 Å². The number of hydrogen-bond acceptors (Lipinski definition) is 4. The summed E-state index contributed by atoms with van der Waals surface area (Å²) in [5, 5.41) is 10.1. The molecule has 0 aliphatic carbocycles. The fourth-order valence-electron chi connectivity index (χ4n) is 2.38. The van der Waals surface area contributed by atoms with E-state index in [1.165, 1.54) is 11.1 Å². The van der Waals surface area contributed by atoms with Crippen molar-refractivity contribution in [3.05, 3.63) is 47.0 Å². The second-order valence-corrected chi connectivity index (χ2v) is 5.66. The van der Waals surface area contributed by atoms with Gasteiger partial charge in [-0.15, -0.1) is 0 Å². The zero-order valence-corrected chi connectivity index (χ0v) is 13.7. The number of carbonyl (C=O) groups excluding carboxylic acids is 1. The summed E-state index contributed by atoms with van der Waals surface area (Å²) < 4.78 is 4.85. The highest BCUT2D eigenvalue weighted by atomic mass is 16.5. The smallest absolute Gasteiger partial charge is 0.305 e. The summed E-state index contributed by atoms with van der Waals surface area (Å²) >= 11 is 0. The molecule has 0 saturated carbocycles. The lowest BCUT2D eigenvalue weighted by Crippen LogP contribution is -2.20. The summed E-state index contributed by atoms with van der Waals surface area (Å²) in [6.45, 7) is 6.26. The topological polar surface area (TPSA) is 72.5 Å². The molecule has 0 bridgehead atoms. The summed E-state index contributed by atoms with van der Waals surface area (Å²) in [6.07, 6.45) is 4.26. The van der Waals surface area contributed by atoms with Crippen molar-refractivity contribution in [3.63, 3.8) is 0 Å². The molecule has 0 spiro atoms. The van der Waals surface area contributed by atoms with Crippen molar-refractivity contribution in [2.75, 3.05) is 6.61 Å². The van der Waals surface area contributed by atoms with E-state index in [2.05, 4.69) is 18.2 Å². The average Bonchev–Trinajstić information content (AvgIpc) is 2.42. The third-order valence-electron chi connectivity index (χ3n) is 3.29. The van der Waals surface area contributed by atoms with Crippen molar-refractivity contribution in [3.8, 4) is 0 Å². The molecule has 0 saturated heterocycles. The van der Waals surface area contributed by atoms with E-state index in [9.17, 15) is 9.90 Å². The molecule has 4 heteroatoms. The van der Waals surface area contributed by atoms with E-state index in [-0.39, 0.29) is 12.0 Å². The maximum Gasteiger partial charge on any atom is 0.305 e. The Hall–Kier alpha value is -1.65. The number of benzene rings is 1. The molecule has 0 amide bonds. The molecule has 0 radical (unpaired) electrons. The summed E-state index contributed by atoms with van der Waals surface area (Å²) in [5.74, 6) is -0.234. The number of ether oxygens (including phenoxy) is 1. The molecule has 1 rings (SSSR count). The Balaban J connectivity index is 2.42. The van der Waals surface area contributed by atoms with E-state index in [0.717, 1.165) is 5.56 Å². The van der Waals surface area contributed by atoms with E-state index < -0.39 is 6.10 Å². The molecule has 1 aromatic rings. The van der Waals surface area contributed by atoms with E-state index in [1.54, 1.807) is 19.1 Å². The maximum atomic E-state index is 11.2. The van der Waals surface area contributed by atoms with Crippen LogP contribution in [0.1, 0.15) is 36.5 Å². The van der Waals surface area contributed by atoms with Gasteiger partial charge in [-0.3, -0.25) is 4.79 Å². The molecular weight excluding hydrogens is 278 g/mol. The number of aliphatic hydroxyl groups excluding tert-OH is 1. The monoisotopic (exact) mass is 305 g/mol. The lowest BCUT2D eigenvalue weighted by Gasteiger charge is -2.10. The average molecular weight is 305 g/mol. The first-order valence-corrected chi connectivity index (χ1v) is 7.75. The fraction of sp³-hybridized carbons (Fsp3) is 0.500. The predicted molar refractivity (Wildman–Crippen MR) is 88.6 cm³/mol. The van der Waals surface area contributed by atoms with Gasteiger partial charge >= 0.3 is 5.97 Å². The van der Waals surface area contributed by atoms with Crippen LogP contribution in [-0.2, 0) is 16.0 Å². The summed E-state index contributed by atoms with van der Waals surface area (Å²) in [7, 11) is 0. The Morgan fingerprint density at radius 1 is 1.27 bits per heavy atom. The molecular formula is C18H27NO3. The Bertz CT molecular complexity index is 491. The largest absolute Gasteiger partial charge is 0.466 e. The van der Waals surface area contributed by atoms with Gasteiger partial charge in [0.2, 0.25) is 0 Å². The van der Waals surface area contributed by atoms with Gasteiger partial charge in [0, 0.05) is 18.9 Å². The predicted octanol–water partition coefficient (Wildman–Crippen LogP) is 2.43. The maximum absolute atomic E-state index is 11.2. The van der Waals surface area contributed by atoms with Gasteiger partial charge in [-0.1, -0.05) is 41.5 Å². The zero-order valence-electron chi connectivity index (χ0n) is 13.7. The van der Waals surface area contributed by atoms with Crippen molar-refractivity contribution in [1.82, 2.24) is 0 Å². The number of hydrogen-bond donors (Lipinski definition) is 2. The first kappa shape index (κ1) is 18.4. The van der Waals surface area contributed by atoms with Crippen LogP contribution < -0.4 is 5.73 Å². The molecule has 2 unspecified atom stereocenters. The highest BCUT2D eigenvalue weighted by Crippen LogP contribution is 2.11. The molecule has 0 aromatic heterocycles. The molecule has 1 aromatic carbocycles. The standard InChI is InChI=1S/C18H27NO3/c1-4-22-18(21)8-6-16(19)5-7-17(20)12-15-10-13(2)9-14(3)11-15/h5,7,9-11,16-17,20H,4,6,8,12,19H2,1-3H3. The van der Waals surface area contributed by atoms with Crippen LogP contribution in [0.3, 0.4) is 0 Å². The minimum atomic E-state index is -0.574. The Kier molecular flexibility index (Phi) is 7.85. The third kappa shape index (κ3) is 7.38. The van der Waals surface area contributed by atoms with E-state index in [1.807, 2.05) is 13.8 Å².